The topological polar surface area (TPSA) is 83.0 Å². The average Bonchev–Trinajstić information content (AvgIpc) is 2.53. The summed E-state index contributed by atoms with van der Waals surface area (Å²) in [6, 6.07) is 8.97. The first kappa shape index (κ1) is 14.8. The minimum Gasteiger partial charge on any atom is -0.480 e. The molecule has 0 spiro atoms. The highest BCUT2D eigenvalue weighted by molar-refractivity contribution is 8.00. The van der Waals surface area contributed by atoms with Crippen LogP contribution >= 0.6 is 11.8 Å². The summed E-state index contributed by atoms with van der Waals surface area (Å²) in [5, 5.41) is 9.05. The van der Waals surface area contributed by atoms with E-state index in [4.69, 9.17) is 0 Å². The Morgan fingerprint density at radius 2 is 1.95 bits per heavy atom. The van der Waals surface area contributed by atoms with E-state index in [9.17, 15) is 14.7 Å². The van der Waals surface area contributed by atoms with E-state index in [0.29, 0.717) is 10.7 Å². The van der Waals surface area contributed by atoms with Crippen LogP contribution in [0.3, 0.4) is 0 Å². The van der Waals surface area contributed by atoms with Crippen LogP contribution in [0.4, 0.5) is 0 Å². The Labute approximate surface area is 131 Å². The lowest BCUT2D eigenvalue weighted by Crippen LogP contribution is -2.22. The number of hydrogen-bond acceptors (Lipinski definition) is 4. The molecule has 2 aromatic rings. The molecule has 114 valence electrons. The Bertz CT molecular complexity index is 743. The molecule has 0 fully saturated rings. The van der Waals surface area contributed by atoms with Crippen LogP contribution in [0.5, 0.6) is 0 Å². The van der Waals surface area contributed by atoms with Gasteiger partial charge in [0.15, 0.2) is 5.16 Å². The Hall–Kier alpha value is -2.08. The van der Waals surface area contributed by atoms with Gasteiger partial charge in [-0.1, -0.05) is 42.1 Å². The number of H-pyrrole nitrogens is 1. The van der Waals surface area contributed by atoms with Crippen molar-refractivity contribution in [2.75, 3.05) is 0 Å². The van der Waals surface area contributed by atoms with Gasteiger partial charge in [0.05, 0.1) is 5.69 Å². The number of thioether (sulfide) groups is 1. The van der Waals surface area contributed by atoms with E-state index in [-0.39, 0.29) is 5.56 Å². The maximum absolute atomic E-state index is 12.1. The molecule has 1 aliphatic carbocycles. The van der Waals surface area contributed by atoms with Crippen molar-refractivity contribution in [2.24, 2.45) is 0 Å². The van der Waals surface area contributed by atoms with Crippen molar-refractivity contribution >= 4 is 17.7 Å². The van der Waals surface area contributed by atoms with Gasteiger partial charge in [-0.2, -0.15) is 0 Å². The molecule has 1 aliphatic rings. The van der Waals surface area contributed by atoms with E-state index >= 15 is 0 Å². The van der Waals surface area contributed by atoms with E-state index in [0.717, 1.165) is 48.7 Å². The Morgan fingerprint density at radius 1 is 1.23 bits per heavy atom. The number of rotatable bonds is 4. The van der Waals surface area contributed by atoms with Gasteiger partial charge in [-0.3, -0.25) is 9.59 Å². The van der Waals surface area contributed by atoms with Crippen molar-refractivity contribution in [2.45, 2.75) is 36.1 Å². The van der Waals surface area contributed by atoms with Gasteiger partial charge >= 0.3 is 5.97 Å². The first-order valence-electron chi connectivity index (χ1n) is 7.21. The van der Waals surface area contributed by atoms with Gasteiger partial charge in [-0.15, -0.1) is 0 Å². The van der Waals surface area contributed by atoms with E-state index < -0.39 is 11.2 Å². The highest BCUT2D eigenvalue weighted by Crippen LogP contribution is 2.33. The van der Waals surface area contributed by atoms with Crippen molar-refractivity contribution in [1.29, 1.82) is 0 Å². The number of carboxylic acid groups (broad SMARTS) is 1. The van der Waals surface area contributed by atoms with E-state index in [1.807, 2.05) is 6.07 Å². The lowest BCUT2D eigenvalue weighted by atomic mass is 9.97. The highest BCUT2D eigenvalue weighted by atomic mass is 32.2. The Balaban J connectivity index is 1.92. The molecule has 2 N–H and O–H groups in total. The number of nitrogens with one attached hydrogen (secondary N) is 1. The third kappa shape index (κ3) is 3.06. The number of aliphatic carboxylic acids is 1. The molecule has 0 saturated heterocycles. The maximum atomic E-state index is 12.1. The molecule has 0 amide bonds. The predicted molar refractivity (Wildman–Crippen MR) is 84.2 cm³/mol. The number of aromatic amines is 1. The maximum Gasteiger partial charge on any atom is 0.321 e. The molecule has 0 radical (unpaired) electrons. The van der Waals surface area contributed by atoms with E-state index in [1.165, 1.54) is 0 Å². The Morgan fingerprint density at radius 3 is 2.68 bits per heavy atom. The number of carbonyl (C=O) groups is 1. The van der Waals surface area contributed by atoms with Gasteiger partial charge in [-0.05, 0) is 31.2 Å². The highest BCUT2D eigenvalue weighted by Gasteiger charge is 2.24. The van der Waals surface area contributed by atoms with Crippen molar-refractivity contribution in [3.63, 3.8) is 0 Å². The van der Waals surface area contributed by atoms with Crippen LogP contribution in [0.1, 0.15) is 34.9 Å². The smallest absolute Gasteiger partial charge is 0.321 e. The summed E-state index contributed by atoms with van der Waals surface area (Å²) in [5.74, 6) is -0.948. The molecular formula is C16H16N2O3S. The van der Waals surface area contributed by atoms with Crippen LogP contribution < -0.4 is 5.56 Å². The van der Waals surface area contributed by atoms with Gasteiger partial charge < -0.3 is 10.1 Å². The quantitative estimate of drug-likeness (QED) is 0.669. The zero-order valence-electron chi connectivity index (χ0n) is 11.9. The van der Waals surface area contributed by atoms with Gasteiger partial charge in [0.25, 0.3) is 5.56 Å². The normalized spacial score (nSPS) is 15.1. The molecule has 0 saturated carbocycles. The second-order valence-corrected chi connectivity index (χ2v) is 6.34. The van der Waals surface area contributed by atoms with Gasteiger partial charge in [0.1, 0.15) is 5.25 Å². The van der Waals surface area contributed by atoms with Gasteiger partial charge in [0, 0.05) is 5.56 Å². The Kier molecular flexibility index (Phi) is 4.29. The van der Waals surface area contributed by atoms with Crippen LogP contribution in [0, 0.1) is 0 Å². The number of hydrogen-bond donors (Lipinski definition) is 2. The van der Waals surface area contributed by atoms with Gasteiger partial charge in [-0.25, -0.2) is 4.98 Å². The summed E-state index contributed by atoms with van der Waals surface area (Å²) in [7, 11) is 0. The van der Waals surface area contributed by atoms with Crippen molar-refractivity contribution in [3.8, 4) is 0 Å². The zero-order valence-corrected chi connectivity index (χ0v) is 12.7. The monoisotopic (exact) mass is 316 g/mol. The number of nitrogens with zero attached hydrogens (tertiary/aromatic N) is 1. The van der Waals surface area contributed by atoms with Crippen LogP contribution in [0.15, 0.2) is 40.3 Å². The summed E-state index contributed by atoms with van der Waals surface area (Å²) in [6.07, 6.45) is 3.57. The summed E-state index contributed by atoms with van der Waals surface area (Å²) < 4.78 is 0. The molecule has 1 heterocycles. The third-order valence-electron chi connectivity index (χ3n) is 3.73. The molecule has 3 rings (SSSR count). The molecule has 1 aromatic heterocycles. The number of benzene rings is 1. The van der Waals surface area contributed by atoms with E-state index in [1.54, 1.807) is 24.3 Å². The van der Waals surface area contributed by atoms with Crippen LogP contribution in [0.2, 0.25) is 0 Å². The van der Waals surface area contributed by atoms with Crippen molar-refractivity contribution in [3.05, 3.63) is 57.5 Å². The minimum atomic E-state index is -0.948. The lowest BCUT2D eigenvalue weighted by molar-refractivity contribution is -0.136. The summed E-state index contributed by atoms with van der Waals surface area (Å²) in [5.41, 5.74) is 2.11. The van der Waals surface area contributed by atoms with Crippen molar-refractivity contribution < 1.29 is 9.90 Å². The zero-order chi connectivity index (χ0) is 15.5. The molecule has 0 aliphatic heterocycles. The van der Waals surface area contributed by atoms with E-state index in [2.05, 4.69) is 9.97 Å². The number of aryl methyl sites for hydroxylation is 1. The summed E-state index contributed by atoms with van der Waals surface area (Å²) in [6.45, 7) is 0. The third-order valence-corrected chi connectivity index (χ3v) is 4.85. The second-order valence-electron chi connectivity index (χ2n) is 5.25. The summed E-state index contributed by atoms with van der Waals surface area (Å²) >= 11 is 1.07. The fraction of sp³-hybridized carbons (Fsp3) is 0.312. The first-order chi connectivity index (χ1) is 10.6. The second kappa shape index (κ2) is 6.36. The first-order valence-corrected chi connectivity index (χ1v) is 8.09. The number of aromatic nitrogens is 2. The summed E-state index contributed by atoms with van der Waals surface area (Å²) in [4.78, 5) is 30.8. The molecule has 1 aromatic carbocycles. The largest absolute Gasteiger partial charge is 0.480 e. The molecule has 1 atom stereocenters. The number of carboxylic acids is 1. The van der Waals surface area contributed by atoms with Gasteiger partial charge in [0.2, 0.25) is 0 Å². The van der Waals surface area contributed by atoms with Crippen molar-refractivity contribution in [1.82, 2.24) is 9.97 Å². The standard InChI is InChI=1S/C16H16N2O3S/c19-14-11-8-4-5-9-12(11)17-16(18-14)22-13(15(20)21)10-6-2-1-3-7-10/h1-3,6-7,13H,4-5,8-9H2,(H,20,21)(H,17,18,19)/t13-/m1/s1. The average molecular weight is 316 g/mol. The predicted octanol–water partition coefficient (Wildman–Crippen LogP) is 2.57. The molecule has 0 unspecified atom stereocenters. The molecule has 6 heteroatoms. The van der Waals surface area contributed by atoms with Crippen LogP contribution in [0.25, 0.3) is 0 Å². The fourth-order valence-electron chi connectivity index (χ4n) is 2.64. The minimum absolute atomic E-state index is 0.135. The molecule has 22 heavy (non-hydrogen) atoms. The fourth-order valence-corrected chi connectivity index (χ4v) is 3.57. The van der Waals surface area contributed by atoms with Crippen LogP contribution in [-0.4, -0.2) is 21.0 Å². The molecular weight excluding hydrogens is 300 g/mol. The molecule has 0 bridgehead atoms. The lowest BCUT2D eigenvalue weighted by Gasteiger charge is -2.16. The molecule has 5 nitrogen and oxygen atoms in total. The van der Waals surface area contributed by atoms with Crippen LogP contribution in [-0.2, 0) is 17.6 Å². The SMILES string of the molecule is O=C(O)[C@H](Sc1nc2c(c(=O)[nH]1)CCCC2)c1ccccc1. The number of fused-ring (bicyclic) bond motifs is 1.